The van der Waals surface area contributed by atoms with Gasteiger partial charge in [-0.25, -0.2) is 0 Å². The van der Waals surface area contributed by atoms with Gasteiger partial charge in [0.2, 0.25) is 0 Å². The van der Waals surface area contributed by atoms with E-state index < -0.39 is 0 Å². The van der Waals surface area contributed by atoms with E-state index in [9.17, 15) is 0 Å². The van der Waals surface area contributed by atoms with Gasteiger partial charge in [0.1, 0.15) is 0 Å². The van der Waals surface area contributed by atoms with Gasteiger partial charge in [0.15, 0.2) is 0 Å². The second-order valence-electron chi connectivity index (χ2n) is 4.33. The molecule has 68 valence electrons. The number of anilines is 1. The van der Waals surface area contributed by atoms with Gasteiger partial charge in [0.25, 0.3) is 0 Å². The molecule has 0 amide bonds. The standard InChI is InChI=1S/C12H15N/c13-11-7-6-9-5-4-8-2-1-3-10(11)12(8)9/h6-8H,1-5,13H2. The van der Waals surface area contributed by atoms with Crippen LogP contribution in [0.15, 0.2) is 12.1 Å². The first-order valence-corrected chi connectivity index (χ1v) is 5.26. The molecule has 0 heterocycles. The molecule has 0 fully saturated rings. The fraction of sp³-hybridized carbons (Fsp3) is 0.500. The van der Waals surface area contributed by atoms with Crippen LogP contribution in [0.4, 0.5) is 5.69 Å². The molecule has 1 aromatic rings. The van der Waals surface area contributed by atoms with Crippen LogP contribution in [0.5, 0.6) is 0 Å². The van der Waals surface area contributed by atoms with Crippen LogP contribution in [0.3, 0.4) is 0 Å². The molecule has 0 radical (unpaired) electrons. The summed E-state index contributed by atoms with van der Waals surface area (Å²) in [5.41, 5.74) is 11.7. The Morgan fingerprint density at radius 3 is 3.00 bits per heavy atom. The molecule has 0 bridgehead atoms. The van der Waals surface area contributed by atoms with Crippen molar-refractivity contribution >= 4 is 5.69 Å². The first-order valence-electron chi connectivity index (χ1n) is 5.26. The molecule has 0 aliphatic heterocycles. The Bertz CT molecular complexity index is 354. The van der Waals surface area contributed by atoms with E-state index in [0.717, 1.165) is 11.6 Å². The highest BCUT2D eigenvalue weighted by molar-refractivity contribution is 5.57. The Labute approximate surface area is 78.9 Å². The van der Waals surface area contributed by atoms with Crippen LogP contribution in [-0.4, -0.2) is 0 Å². The molecule has 1 aromatic carbocycles. The van der Waals surface area contributed by atoms with Crippen molar-refractivity contribution in [2.45, 2.75) is 38.0 Å². The predicted molar refractivity (Wildman–Crippen MR) is 54.9 cm³/mol. The maximum Gasteiger partial charge on any atom is 0.0349 e. The molecular formula is C12H15N. The molecule has 0 aromatic heterocycles. The summed E-state index contributed by atoms with van der Waals surface area (Å²) in [4.78, 5) is 0. The summed E-state index contributed by atoms with van der Waals surface area (Å²) in [6, 6.07) is 4.33. The third-order valence-corrected chi connectivity index (χ3v) is 3.63. The minimum Gasteiger partial charge on any atom is -0.398 e. The van der Waals surface area contributed by atoms with E-state index >= 15 is 0 Å². The fourth-order valence-electron chi connectivity index (χ4n) is 3.02. The number of benzene rings is 1. The normalized spacial score (nSPS) is 24.5. The lowest BCUT2D eigenvalue weighted by atomic mass is 9.83. The Kier molecular flexibility index (Phi) is 1.43. The van der Waals surface area contributed by atoms with E-state index in [1.54, 1.807) is 11.1 Å². The van der Waals surface area contributed by atoms with Gasteiger partial charge < -0.3 is 5.73 Å². The molecule has 2 aliphatic rings. The zero-order valence-corrected chi connectivity index (χ0v) is 7.84. The highest BCUT2D eigenvalue weighted by Gasteiger charge is 2.28. The van der Waals surface area contributed by atoms with Gasteiger partial charge in [-0.1, -0.05) is 6.07 Å². The zero-order valence-electron chi connectivity index (χ0n) is 7.84. The summed E-state index contributed by atoms with van der Waals surface area (Å²) in [6.45, 7) is 0. The molecule has 0 saturated heterocycles. The van der Waals surface area contributed by atoms with Crippen molar-refractivity contribution in [3.8, 4) is 0 Å². The van der Waals surface area contributed by atoms with E-state index in [-0.39, 0.29) is 0 Å². The number of nitrogen functional groups attached to an aromatic ring is 1. The molecule has 2 aliphatic carbocycles. The van der Waals surface area contributed by atoms with Crippen LogP contribution in [0.2, 0.25) is 0 Å². The Hall–Kier alpha value is -0.980. The molecule has 1 unspecified atom stereocenters. The second-order valence-corrected chi connectivity index (χ2v) is 4.33. The second kappa shape index (κ2) is 2.50. The predicted octanol–water partition coefficient (Wildman–Crippen LogP) is 2.63. The van der Waals surface area contributed by atoms with Crippen molar-refractivity contribution in [2.75, 3.05) is 5.73 Å². The number of nitrogens with two attached hydrogens (primary N) is 1. The molecule has 0 spiro atoms. The maximum atomic E-state index is 6.00. The average Bonchev–Trinajstić information content (AvgIpc) is 2.57. The Morgan fingerprint density at radius 1 is 1.15 bits per heavy atom. The van der Waals surface area contributed by atoms with E-state index in [1.165, 1.54) is 37.7 Å². The van der Waals surface area contributed by atoms with Crippen molar-refractivity contribution in [1.82, 2.24) is 0 Å². The van der Waals surface area contributed by atoms with Crippen molar-refractivity contribution in [1.29, 1.82) is 0 Å². The minimum atomic E-state index is 0.849. The highest BCUT2D eigenvalue weighted by atomic mass is 14.6. The molecule has 1 nitrogen and oxygen atoms in total. The van der Waals surface area contributed by atoms with Crippen molar-refractivity contribution in [3.05, 3.63) is 28.8 Å². The van der Waals surface area contributed by atoms with Crippen LogP contribution in [0.25, 0.3) is 0 Å². The number of rotatable bonds is 0. The van der Waals surface area contributed by atoms with Gasteiger partial charge in [-0.3, -0.25) is 0 Å². The monoisotopic (exact) mass is 173 g/mol. The number of hydrogen-bond donors (Lipinski definition) is 1. The average molecular weight is 173 g/mol. The molecule has 2 N–H and O–H groups in total. The molecule has 1 heteroatoms. The number of aryl methyl sites for hydroxylation is 1. The quantitative estimate of drug-likeness (QED) is 0.600. The molecule has 13 heavy (non-hydrogen) atoms. The minimum absolute atomic E-state index is 0.849. The zero-order chi connectivity index (χ0) is 8.84. The van der Waals surface area contributed by atoms with E-state index in [4.69, 9.17) is 5.73 Å². The van der Waals surface area contributed by atoms with Gasteiger partial charge >= 0.3 is 0 Å². The summed E-state index contributed by atoms with van der Waals surface area (Å²) in [7, 11) is 0. The van der Waals surface area contributed by atoms with Gasteiger partial charge in [-0.2, -0.15) is 0 Å². The van der Waals surface area contributed by atoms with E-state index in [2.05, 4.69) is 12.1 Å². The van der Waals surface area contributed by atoms with Gasteiger partial charge in [-0.15, -0.1) is 0 Å². The molecule has 3 rings (SSSR count). The lowest BCUT2D eigenvalue weighted by Gasteiger charge is -2.22. The van der Waals surface area contributed by atoms with Gasteiger partial charge in [0, 0.05) is 5.69 Å². The first-order chi connectivity index (χ1) is 6.36. The van der Waals surface area contributed by atoms with Gasteiger partial charge in [0.05, 0.1) is 0 Å². The van der Waals surface area contributed by atoms with Crippen LogP contribution >= 0.6 is 0 Å². The lowest BCUT2D eigenvalue weighted by Crippen LogP contribution is -2.09. The first kappa shape index (κ1) is 7.43. The smallest absolute Gasteiger partial charge is 0.0349 e. The molecule has 1 atom stereocenters. The van der Waals surface area contributed by atoms with Crippen molar-refractivity contribution in [2.24, 2.45) is 0 Å². The Morgan fingerprint density at radius 2 is 2.08 bits per heavy atom. The number of hydrogen-bond acceptors (Lipinski definition) is 1. The summed E-state index contributed by atoms with van der Waals surface area (Å²) in [5.74, 6) is 0.849. The Balaban J connectivity index is 2.26. The van der Waals surface area contributed by atoms with Crippen LogP contribution in [0, 0.1) is 0 Å². The SMILES string of the molecule is Nc1ccc2c3c1CCCC3CC2. The highest BCUT2D eigenvalue weighted by Crippen LogP contribution is 2.44. The summed E-state index contributed by atoms with van der Waals surface area (Å²) < 4.78 is 0. The summed E-state index contributed by atoms with van der Waals surface area (Å²) in [6.07, 6.45) is 6.60. The fourth-order valence-corrected chi connectivity index (χ4v) is 3.02. The molecular weight excluding hydrogens is 158 g/mol. The lowest BCUT2D eigenvalue weighted by molar-refractivity contribution is 0.556. The van der Waals surface area contributed by atoms with Crippen molar-refractivity contribution in [3.63, 3.8) is 0 Å². The van der Waals surface area contributed by atoms with E-state index in [0.29, 0.717) is 0 Å². The third-order valence-electron chi connectivity index (χ3n) is 3.63. The van der Waals surface area contributed by atoms with Crippen molar-refractivity contribution < 1.29 is 0 Å². The maximum absolute atomic E-state index is 6.00. The van der Waals surface area contributed by atoms with Crippen LogP contribution in [-0.2, 0) is 12.8 Å². The largest absolute Gasteiger partial charge is 0.398 e. The van der Waals surface area contributed by atoms with Gasteiger partial charge in [-0.05, 0) is 60.8 Å². The van der Waals surface area contributed by atoms with E-state index in [1.807, 2.05) is 0 Å². The molecule has 0 saturated carbocycles. The van der Waals surface area contributed by atoms with Crippen LogP contribution in [0.1, 0.15) is 41.9 Å². The van der Waals surface area contributed by atoms with Crippen LogP contribution < -0.4 is 5.73 Å². The third kappa shape index (κ3) is 0.932. The summed E-state index contributed by atoms with van der Waals surface area (Å²) >= 11 is 0. The summed E-state index contributed by atoms with van der Waals surface area (Å²) in [5, 5.41) is 0. The topological polar surface area (TPSA) is 26.0 Å².